The smallest absolute Gasteiger partial charge is 0.138 e. The Hall–Kier alpha value is -2.02. The molecule has 3 heterocycles. The molecular formula is C19H22N4OS. The van der Waals surface area contributed by atoms with Crippen LogP contribution in [-0.2, 0) is 17.8 Å². The molecule has 0 bridgehead atoms. The summed E-state index contributed by atoms with van der Waals surface area (Å²) in [6.07, 6.45) is 1.64. The molecule has 0 unspecified atom stereocenters. The Kier molecular flexibility index (Phi) is 4.92. The van der Waals surface area contributed by atoms with Crippen molar-refractivity contribution in [2.45, 2.75) is 20.0 Å². The minimum Gasteiger partial charge on any atom is -0.379 e. The molecule has 0 aliphatic carbocycles. The largest absolute Gasteiger partial charge is 0.379 e. The van der Waals surface area contributed by atoms with Crippen LogP contribution in [-0.4, -0.2) is 41.2 Å². The van der Waals surface area contributed by atoms with E-state index in [2.05, 4.69) is 57.4 Å². The molecule has 6 heteroatoms. The molecule has 0 radical (unpaired) electrons. The van der Waals surface area contributed by atoms with E-state index in [9.17, 15) is 0 Å². The van der Waals surface area contributed by atoms with Gasteiger partial charge in [-0.05, 0) is 24.1 Å². The van der Waals surface area contributed by atoms with Gasteiger partial charge in [-0.1, -0.05) is 24.3 Å². The summed E-state index contributed by atoms with van der Waals surface area (Å²) in [7, 11) is 0. The van der Waals surface area contributed by atoms with Crippen molar-refractivity contribution in [1.82, 2.24) is 14.9 Å². The summed E-state index contributed by atoms with van der Waals surface area (Å²) in [6, 6.07) is 10.8. The molecule has 1 aliphatic rings. The SMILES string of the molecule is Cc1cc2c(NCc3ccccc3CN3CCOCC3)ncnc2s1. The zero-order valence-corrected chi connectivity index (χ0v) is 15.2. The second kappa shape index (κ2) is 7.47. The fourth-order valence-corrected chi connectivity index (χ4v) is 4.03. The van der Waals surface area contributed by atoms with Crippen LogP contribution in [0.4, 0.5) is 5.82 Å². The van der Waals surface area contributed by atoms with E-state index >= 15 is 0 Å². The van der Waals surface area contributed by atoms with Gasteiger partial charge >= 0.3 is 0 Å². The van der Waals surface area contributed by atoms with Gasteiger partial charge in [0.05, 0.1) is 18.6 Å². The molecule has 2 aromatic heterocycles. The van der Waals surface area contributed by atoms with Crippen molar-refractivity contribution in [2.24, 2.45) is 0 Å². The third-order valence-corrected chi connectivity index (χ3v) is 5.47. The van der Waals surface area contributed by atoms with E-state index in [4.69, 9.17) is 4.74 Å². The van der Waals surface area contributed by atoms with E-state index in [0.29, 0.717) is 0 Å². The zero-order chi connectivity index (χ0) is 17.1. The lowest BCUT2D eigenvalue weighted by Gasteiger charge is -2.27. The fraction of sp³-hybridized carbons (Fsp3) is 0.368. The average Bonchev–Trinajstić information content (AvgIpc) is 3.03. The number of fused-ring (bicyclic) bond motifs is 1. The van der Waals surface area contributed by atoms with Gasteiger partial charge in [0.2, 0.25) is 0 Å². The first-order chi connectivity index (χ1) is 12.3. The van der Waals surface area contributed by atoms with Gasteiger partial charge in [-0.2, -0.15) is 0 Å². The number of nitrogens with zero attached hydrogens (tertiary/aromatic N) is 3. The molecule has 0 saturated carbocycles. The Morgan fingerprint density at radius 1 is 1.16 bits per heavy atom. The average molecular weight is 354 g/mol. The van der Waals surface area contributed by atoms with Crippen LogP contribution >= 0.6 is 11.3 Å². The monoisotopic (exact) mass is 354 g/mol. The predicted molar refractivity (Wildman–Crippen MR) is 102 cm³/mol. The highest BCUT2D eigenvalue weighted by atomic mass is 32.1. The van der Waals surface area contributed by atoms with Crippen molar-refractivity contribution in [3.63, 3.8) is 0 Å². The summed E-state index contributed by atoms with van der Waals surface area (Å²) >= 11 is 1.70. The highest BCUT2D eigenvalue weighted by Crippen LogP contribution is 2.27. The molecule has 130 valence electrons. The Morgan fingerprint density at radius 2 is 1.96 bits per heavy atom. The molecule has 0 spiro atoms. The molecule has 1 N–H and O–H groups in total. The van der Waals surface area contributed by atoms with Gasteiger partial charge in [-0.15, -0.1) is 11.3 Å². The fourth-order valence-electron chi connectivity index (χ4n) is 3.18. The molecule has 0 atom stereocenters. The van der Waals surface area contributed by atoms with E-state index < -0.39 is 0 Å². The van der Waals surface area contributed by atoms with Crippen LogP contribution < -0.4 is 5.32 Å². The van der Waals surface area contributed by atoms with E-state index in [-0.39, 0.29) is 0 Å². The molecular weight excluding hydrogens is 332 g/mol. The van der Waals surface area contributed by atoms with Gasteiger partial charge in [-0.3, -0.25) is 4.90 Å². The van der Waals surface area contributed by atoms with E-state index in [1.165, 1.54) is 16.0 Å². The first-order valence-electron chi connectivity index (χ1n) is 8.61. The predicted octanol–water partition coefficient (Wildman–Crippen LogP) is 3.44. The van der Waals surface area contributed by atoms with Crippen LogP contribution in [0.3, 0.4) is 0 Å². The summed E-state index contributed by atoms with van der Waals surface area (Å²) in [5.41, 5.74) is 2.68. The van der Waals surface area contributed by atoms with Gasteiger partial charge in [0.1, 0.15) is 17.0 Å². The minimum atomic E-state index is 0.765. The van der Waals surface area contributed by atoms with E-state index in [0.717, 1.165) is 55.4 Å². The van der Waals surface area contributed by atoms with Crippen LogP contribution in [0.25, 0.3) is 10.2 Å². The Balaban J connectivity index is 1.50. The number of hydrogen-bond donors (Lipinski definition) is 1. The maximum Gasteiger partial charge on any atom is 0.138 e. The first-order valence-corrected chi connectivity index (χ1v) is 9.43. The number of aromatic nitrogens is 2. The number of morpholine rings is 1. The van der Waals surface area contributed by atoms with Gasteiger partial charge < -0.3 is 10.1 Å². The Morgan fingerprint density at radius 3 is 2.80 bits per heavy atom. The second-order valence-corrected chi connectivity index (χ2v) is 7.54. The van der Waals surface area contributed by atoms with Crippen molar-refractivity contribution in [1.29, 1.82) is 0 Å². The number of thiophene rings is 1. The molecule has 1 fully saturated rings. The topological polar surface area (TPSA) is 50.3 Å². The number of ether oxygens (including phenoxy) is 1. The highest BCUT2D eigenvalue weighted by molar-refractivity contribution is 7.18. The van der Waals surface area contributed by atoms with Crippen molar-refractivity contribution < 1.29 is 4.74 Å². The summed E-state index contributed by atoms with van der Waals surface area (Å²) in [5, 5.41) is 4.61. The number of anilines is 1. The minimum absolute atomic E-state index is 0.765. The number of benzene rings is 1. The lowest BCUT2D eigenvalue weighted by molar-refractivity contribution is 0.0341. The molecule has 0 amide bonds. The van der Waals surface area contributed by atoms with Crippen molar-refractivity contribution in [3.05, 3.63) is 52.7 Å². The summed E-state index contributed by atoms with van der Waals surface area (Å²) in [4.78, 5) is 13.5. The van der Waals surface area contributed by atoms with Crippen LogP contribution in [0.15, 0.2) is 36.7 Å². The van der Waals surface area contributed by atoms with Gasteiger partial charge in [0.25, 0.3) is 0 Å². The quantitative estimate of drug-likeness (QED) is 0.761. The zero-order valence-electron chi connectivity index (χ0n) is 14.4. The summed E-state index contributed by atoms with van der Waals surface area (Å²) in [5.74, 6) is 0.913. The molecule has 5 nitrogen and oxygen atoms in total. The maximum absolute atomic E-state index is 5.45. The number of aryl methyl sites for hydroxylation is 1. The van der Waals surface area contributed by atoms with Gasteiger partial charge in [0.15, 0.2) is 0 Å². The molecule has 1 aromatic carbocycles. The maximum atomic E-state index is 5.45. The third-order valence-electron chi connectivity index (χ3n) is 4.51. The van der Waals surface area contributed by atoms with Crippen molar-refractivity contribution in [2.75, 3.05) is 31.6 Å². The number of rotatable bonds is 5. The lowest BCUT2D eigenvalue weighted by atomic mass is 10.1. The Labute approximate surface area is 151 Å². The second-order valence-electron chi connectivity index (χ2n) is 6.31. The Bertz CT molecular complexity index is 858. The lowest BCUT2D eigenvalue weighted by Crippen LogP contribution is -2.35. The van der Waals surface area contributed by atoms with Crippen LogP contribution in [0.1, 0.15) is 16.0 Å². The van der Waals surface area contributed by atoms with Crippen LogP contribution in [0, 0.1) is 6.92 Å². The first kappa shape index (κ1) is 16.4. The van der Waals surface area contributed by atoms with Gasteiger partial charge in [-0.25, -0.2) is 9.97 Å². The third kappa shape index (κ3) is 3.81. The van der Waals surface area contributed by atoms with Gasteiger partial charge in [0, 0.05) is 31.1 Å². The molecule has 3 aromatic rings. The van der Waals surface area contributed by atoms with E-state index in [1.54, 1.807) is 17.7 Å². The standard InChI is InChI=1S/C19H22N4OS/c1-14-10-17-18(21-13-22-19(17)25-14)20-11-15-4-2-3-5-16(15)12-23-6-8-24-9-7-23/h2-5,10,13H,6-9,11-12H2,1H3,(H,20,21,22). The van der Waals surface area contributed by atoms with Crippen LogP contribution in [0.2, 0.25) is 0 Å². The van der Waals surface area contributed by atoms with E-state index in [1.807, 2.05) is 0 Å². The molecule has 1 saturated heterocycles. The number of hydrogen-bond acceptors (Lipinski definition) is 6. The van der Waals surface area contributed by atoms with Crippen molar-refractivity contribution in [3.8, 4) is 0 Å². The number of nitrogens with one attached hydrogen (secondary N) is 1. The molecule has 1 aliphatic heterocycles. The van der Waals surface area contributed by atoms with Crippen LogP contribution in [0.5, 0.6) is 0 Å². The highest BCUT2D eigenvalue weighted by Gasteiger charge is 2.13. The van der Waals surface area contributed by atoms with Crippen molar-refractivity contribution >= 4 is 27.4 Å². The normalized spacial score (nSPS) is 15.6. The summed E-state index contributed by atoms with van der Waals surface area (Å²) in [6.45, 7) is 7.51. The molecule has 4 rings (SSSR count). The summed E-state index contributed by atoms with van der Waals surface area (Å²) < 4.78 is 5.45. The molecule has 25 heavy (non-hydrogen) atoms.